The zero-order valence-corrected chi connectivity index (χ0v) is 51.6. The van der Waals surface area contributed by atoms with E-state index in [1.54, 1.807) is 6.08 Å². The number of carbonyl (C=O) groups is 1. The second-order valence-electron chi connectivity index (χ2n) is 23.9. The summed E-state index contributed by atoms with van der Waals surface area (Å²) in [5.74, 6) is -0.277. The zero-order chi connectivity index (χ0) is 61.2. The molecule has 12 N–H and O–H groups in total. The third kappa shape index (κ3) is 30.5. The van der Waals surface area contributed by atoms with Crippen LogP contribution in [0.3, 0.4) is 0 Å². The van der Waals surface area contributed by atoms with Gasteiger partial charge in [-0.1, -0.05) is 217 Å². The standard InChI is InChI=1S/C65H119NO18/c1-3-5-7-9-11-13-14-15-16-17-18-19-20-21-22-23-24-25-26-27-28-29-30-31-32-33-34-35-37-39-41-43-53(71)66-48(49(70)42-40-38-36-12-10-8-6-4-2)47-79-63-59(77)56(74)61(51(45-68)81-63)84-65-60(78)57(75)62(52(46-69)82-65)83-64-58(76)55(73)54(72)50(44-67)80-64/h14-15,17-18,40,42,48-52,54-65,67-70,72-78H,3-13,16,19-39,41,43-47H2,1-2H3,(H,66,71)/b15-14-,18-17-,42-40+. The van der Waals surface area contributed by atoms with E-state index in [2.05, 4.69) is 43.5 Å². The molecule has 19 heteroatoms. The number of nitrogens with one attached hydrogen (secondary N) is 1. The second kappa shape index (κ2) is 47.9. The number of carbonyl (C=O) groups excluding carboxylic acids is 1. The number of aliphatic hydroxyl groups is 11. The van der Waals surface area contributed by atoms with Crippen LogP contribution in [-0.2, 0) is 33.2 Å². The summed E-state index contributed by atoms with van der Waals surface area (Å²) in [6, 6.07) is -0.968. The van der Waals surface area contributed by atoms with Gasteiger partial charge in [-0.15, -0.1) is 0 Å². The fourth-order valence-electron chi connectivity index (χ4n) is 11.2. The lowest BCUT2D eigenvalue weighted by Crippen LogP contribution is -2.66. The van der Waals surface area contributed by atoms with Gasteiger partial charge in [0, 0.05) is 6.42 Å². The molecular weight excluding hydrogens is 1080 g/mol. The van der Waals surface area contributed by atoms with Crippen molar-refractivity contribution in [3.63, 3.8) is 0 Å². The highest BCUT2D eigenvalue weighted by molar-refractivity contribution is 5.76. The Bertz CT molecular complexity index is 1670. The van der Waals surface area contributed by atoms with Crippen LogP contribution in [0.25, 0.3) is 0 Å². The maximum Gasteiger partial charge on any atom is 0.220 e. The fraction of sp³-hybridized carbons (Fsp3) is 0.892. The second-order valence-corrected chi connectivity index (χ2v) is 23.9. The summed E-state index contributed by atoms with van der Waals surface area (Å²) in [4.78, 5) is 13.3. The molecule has 1 amide bonds. The van der Waals surface area contributed by atoms with E-state index >= 15 is 0 Å². The van der Waals surface area contributed by atoms with Crippen LogP contribution in [0, 0.1) is 0 Å². The summed E-state index contributed by atoms with van der Waals surface area (Å²) in [7, 11) is 0. The molecule has 3 fully saturated rings. The van der Waals surface area contributed by atoms with Crippen molar-refractivity contribution >= 4 is 5.91 Å². The maximum absolute atomic E-state index is 13.3. The van der Waals surface area contributed by atoms with E-state index in [4.69, 9.17) is 28.4 Å². The first-order valence-corrected chi connectivity index (χ1v) is 33.2. The number of unbranched alkanes of at least 4 members (excludes halogenated alkanes) is 30. The predicted octanol–water partition coefficient (Wildman–Crippen LogP) is 7.66. The van der Waals surface area contributed by atoms with Crippen LogP contribution < -0.4 is 5.32 Å². The summed E-state index contributed by atoms with van der Waals surface area (Å²) in [5.41, 5.74) is 0. The number of hydrogen-bond acceptors (Lipinski definition) is 18. The SMILES string of the molecule is CCCCCCC/C=C\C/C=C\CCCCCCCCCCCCCCCCCCCCCC(=O)NC(COC1OC(CO)C(OC2OC(CO)C(OC3OC(CO)C(O)C(O)C3O)C(O)C2O)C(O)C1O)C(O)/C=C/CCCCCCCC. The number of hydrogen-bond donors (Lipinski definition) is 12. The first-order valence-electron chi connectivity index (χ1n) is 33.2. The Kier molecular flexibility index (Phi) is 43.5. The van der Waals surface area contributed by atoms with Gasteiger partial charge in [-0.2, -0.15) is 0 Å². The van der Waals surface area contributed by atoms with Gasteiger partial charge in [0.1, 0.15) is 73.2 Å². The highest BCUT2D eigenvalue weighted by Crippen LogP contribution is 2.33. The summed E-state index contributed by atoms with van der Waals surface area (Å²) >= 11 is 0. The Balaban J connectivity index is 1.33. The minimum atomic E-state index is -1.98. The molecule has 3 heterocycles. The largest absolute Gasteiger partial charge is 0.394 e. The van der Waals surface area contributed by atoms with Gasteiger partial charge in [0.2, 0.25) is 5.91 Å². The normalized spacial score (nSPS) is 29.4. The molecule has 0 aromatic rings. The third-order valence-corrected chi connectivity index (χ3v) is 16.7. The van der Waals surface area contributed by atoms with Crippen molar-refractivity contribution in [1.82, 2.24) is 5.32 Å². The summed E-state index contributed by atoms with van der Waals surface area (Å²) in [6.45, 7) is 1.67. The summed E-state index contributed by atoms with van der Waals surface area (Å²) < 4.78 is 34.2. The van der Waals surface area contributed by atoms with Crippen molar-refractivity contribution in [2.45, 2.75) is 343 Å². The van der Waals surface area contributed by atoms with E-state index in [-0.39, 0.29) is 18.9 Å². The molecule has 0 aromatic heterocycles. The van der Waals surface area contributed by atoms with Gasteiger partial charge in [-0.05, 0) is 51.4 Å². The Morgan fingerprint density at radius 1 is 0.429 bits per heavy atom. The molecule has 0 saturated carbocycles. The van der Waals surface area contributed by atoms with Crippen LogP contribution in [-0.4, -0.2) is 193 Å². The lowest BCUT2D eigenvalue weighted by atomic mass is 9.96. The van der Waals surface area contributed by atoms with Gasteiger partial charge >= 0.3 is 0 Å². The van der Waals surface area contributed by atoms with E-state index in [1.165, 1.54) is 154 Å². The van der Waals surface area contributed by atoms with Crippen molar-refractivity contribution in [3.05, 3.63) is 36.5 Å². The minimum absolute atomic E-state index is 0.245. The van der Waals surface area contributed by atoms with Crippen LogP contribution >= 0.6 is 0 Å². The van der Waals surface area contributed by atoms with Crippen molar-refractivity contribution in [2.24, 2.45) is 0 Å². The molecule has 0 bridgehead atoms. The molecule has 0 spiro atoms. The Hall–Kier alpha value is -1.99. The lowest BCUT2D eigenvalue weighted by molar-refractivity contribution is -0.379. The average Bonchev–Trinajstić information content (AvgIpc) is 2.91. The molecule has 0 aromatic carbocycles. The molecule has 0 aliphatic carbocycles. The fourth-order valence-corrected chi connectivity index (χ4v) is 11.2. The molecule has 19 nitrogen and oxygen atoms in total. The van der Waals surface area contributed by atoms with Crippen LogP contribution in [0.2, 0.25) is 0 Å². The van der Waals surface area contributed by atoms with Crippen molar-refractivity contribution in [2.75, 3.05) is 26.4 Å². The molecule has 3 aliphatic rings. The predicted molar refractivity (Wildman–Crippen MR) is 323 cm³/mol. The number of ether oxygens (including phenoxy) is 6. The molecule has 3 saturated heterocycles. The van der Waals surface area contributed by atoms with Crippen LogP contribution in [0.1, 0.15) is 239 Å². The van der Waals surface area contributed by atoms with Gasteiger partial charge in [-0.25, -0.2) is 0 Å². The summed E-state index contributed by atoms with van der Waals surface area (Å²) in [6.07, 6.45) is 27.5. The van der Waals surface area contributed by atoms with Crippen LogP contribution in [0.5, 0.6) is 0 Å². The van der Waals surface area contributed by atoms with Crippen LogP contribution in [0.4, 0.5) is 0 Å². The van der Waals surface area contributed by atoms with Gasteiger partial charge < -0.3 is 89.9 Å². The van der Waals surface area contributed by atoms with Crippen molar-refractivity contribution in [3.8, 4) is 0 Å². The van der Waals surface area contributed by atoms with E-state index < -0.39 is 124 Å². The van der Waals surface area contributed by atoms with Crippen LogP contribution in [0.15, 0.2) is 36.5 Å². The highest BCUT2D eigenvalue weighted by atomic mass is 16.8. The maximum atomic E-state index is 13.3. The molecule has 17 unspecified atom stereocenters. The average molecular weight is 1200 g/mol. The minimum Gasteiger partial charge on any atom is -0.394 e. The lowest BCUT2D eigenvalue weighted by Gasteiger charge is -2.48. The van der Waals surface area contributed by atoms with E-state index in [0.29, 0.717) is 6.42 Å². The molecule has 492 valence electrons. The smallest absolute Gasteiger partial charge is 0.220 e. The van der Waals surface area contributed by atoms with Gasteiger partial charge in [0.25, 0.3) is 0 Å². The molecule has 84 heavy (non-hydrogen) atoms. The number of rotatable bonds is 50. The number of allylic oxidation sites excluding steroid dienone is 5. The third-order valence-electron chi connectivity index (χ3n) is 16.7. The van der Waals surface area contributed by atoms with Gasteiger partial charge in [0.05, 0.1) is 38.6 Å². The summed E-state index contributed by atoms with van der Waals surface area (Å²) in [5, 5.41) is 120. The zero-order valence-electron chi connectivity index (χ0n) is 51.6. The topological polar surface area (TPSA) is 307 Å². The van der Waals surface area contributed by atoms with Crippen molar-refractivity contribution < 1.29 is 89.4 Å². The molecule has 17 atom stereocenters. The quantitative estimate of drug-likeness (QED) is 0.0205. The van der Waals surface area contributed by atoms with E-state index in [9.17, 15) is 61.0 Å². The number of amides is 1. The molecule has 3 aliphatic heterocycles. The number of aliphatic hydroxyl groups excluding tert-OH is 11. The van der Waals surface area contributed by atoms with E-state index in [0.717, 1.165) is 57.8 Å². The molecule has 3 rings (SSSR count). The first kappa shape index (κ1) is 76.3. The highest BCUT2D eigenvalue weighted by Gasteiger charge is 2.53. The monoisotopic (exact) mass is 1200 g/mol. The Labute approximate surface area is 504 Å². The Morgan fingerprint density at radius 3 is 1.21 bits per heavy atom. The van der Waals surface area contributed by atoms with Gasteiger partial charge in [0.15, 0.2) is 18.9 Å². The molecular formula is C65H119NO18. The van der Waals surface area contributed by atoms with E-state index in [1.807, 2.05) is 6.08 Å². The molecule has 0 radical (unpaired) electrons. The first-order chi connectivity index (χ1) is 40.8. The Morgan fingerprint density at radius 2 is 0.786 bits per heavy atom. The van der Waals surface area contributed by atoms with Gasteiger partial charge in [-0.3, -0.25) is 4.79 Å². The van der Waals surface area contributed by atoms with Crippen molar-refractivity contribution in [1.29, 1.82) is 0 Å².